The minimum Gasteiger partial charge on any atom is -0.358 e. The first-order valence-corrected chi connectivity index (χ1v) is 13.8. The summed E-state index contributed by atoms with van der Waals surface area (Å²) in [5, 5.41) is 6.17. The largest absolute Gasteiger partial charge is 0.358 e. The van der Waals surface area contributed by atoms with E-state index in [1.807, 2.05) is 20.8 Å². The van der Waals surface area contributed by atoms with Crippen molar-refractivity contribution in [3.05, 3.63) is 59.6 Å². The SMILES string of the molecule is C=C(F)/C=C(\CC(C(C)C)N(C)S(C)(=O)=O)Nc1cc(Nc2cc(C)nc(C)n2)ncc1C(=O)NOCC. The number of rotatable bonds is 13. The zero-order valence-electron chi connectivity index (χ0n) is 22.8. The Hall–Kier alpha value is -3.42. The first-order chi connectivity index (χ1) is 17.7. The number of hydroxylamine groups is 1. The third-order valence-electron chi connectivity index (χ3n) is 5.49. The van der Waals surface area contributed by atoms with E-state index in [-0.39, 0.29) is 30.2 Å². The van der Waals surface area contributed by atoms with E-state index < -0.39 is 27.8 Å². The second-order valence-corrected chi connectivity index (χ2v) is 11.1. The van der Waals surface area contributed by atoms with E-state index in [4.69, 9.17) is 4.84 Å². The van der Waals surface area contributed by atoms with Gasteiger partial charge in [0, 0.05) is 49.2 Å². The Morgan fingerprint density at radius 2 is 1.92 bits per heavy atom. The molecule has 2 aromatic rings. The zero-order chi connectivity index (χ0) is 28.6. The van der Waals surface area contributed by atoms with Gasteiger partial charge >= 0.3 is 0 Å². The highest BCUT2D eigenvalue weighted by Gasteiger charge is 2.27. The summed E-state index contributed by atoms with van der Waals surface area (Å²) in [6, 6.07) is 2.80. The Labute approximate surface area is 223 Å². The molecule has 11 nitrogen and oxygen atoms in total. The van der Waals surface area contributed by atoms with Crippen LogP contribution in [0.3, 0.4) is 0 Å². The summed E-state index contributed by atoms with van der Waals surface area (Å²) in [7, 11) is -2.05. The maximum Gasteiger partial charge on any atom is 0.278 e. The highest BCUT2D eigenvalue weighted by atomic mass is 32.2. The van der Waals surface area contributed by atoms with Crippen LogP contribution >= 0.6 is 0 Å². The van der Waals surface area contributed by atoms with Crippen LogP contribution in [0.2, 0.25) is 0 Å². The quantitative estimate of drug-likeness (QED) is 0.250. The van der Waals surface area contributed by atoms with Crippen LogP contribution in [0.1, 0.15) is 49.1 Å². The lowest BCUT2D eigenvalue weighted by atomic mass is 9.98. The molecule has 1 atom stereocenters. The maximum atomic E-state index is 14.0. The fourth-order valence-corrected chi connectivity index (χ4v) is 4.49. The van der Waals surface area contributed by atoms with Crippen molar-refractivity contribution in [1.29, 1.82) is 0 Å². The van der Waals surface area contributed by atoms with Crippen LogP contribution in [-0.4, -0.2) is 59.5 Å². The molecule has 0 aromatic carbocycles. The number of amides is 1. The summed E-state index contributed by atoms with van der Waals surface area (Å²) in [4.78, 5) is 30.7. The van der Waals surface area contributed by atoms with Crippen molar-refractivity contribution in [2.75, 3.05) is 30.5 Å². The van der Waals surface area contributed by atoms with Crippen LogP contribution < -0.4 is 16.1 Å². The van der Waals surface area contributed by atoms with E-state index in [1.165, 1.54) is 23.6 Å². The van der Waals surface area contributed by atoms with Crippen LogP contribution in [0.15, 0.2) is 42.5 Å². The number of carbonyl (C=O) groups is 1. The standard InChI is InChI=1S/C25H36FN7O4S/c1-9-37-32-25(34)20-14-27-23(31-24-11-17(5)28-18(6)29-24)13-21(20)30-19(10-16(4)26)12-22(15(2)3)33(7)38(8,35)36/h10-11,13-15,22H,4,9,12H2,1-3,5-8H3,(H,32,34)(H2,27,28,29,30,31)/b19-10+. The summed E-state index contributed by atoms with van der Waals surface area (Å²) in [6.07, 6.45) is 3.73. The molecule has 1 amide bonds. The number of allylic oxidation sites excluding steroid dienone is 2. The molecule has 13 heteroatoms. The molecule has 2 heterocycles. The van der Waals surface area contributed by atoms with Crippen LogP contribution in [-0.2, 0) is 14.9 Å². The monoisotopic (exact) mass is 549 g/mol. The number of carbonyl (C=O) groups excluding carboxylic acids is 1. The molecule has 0 aliphatic carbocycles. The summed E-state index contributed by atoms with van der Waals surface area (Å²) in [5.41, 5.74) is 3.79. The van der Waals surface area contributed by atoms with E-state index in [9.17, 15) is 17.6 Å². The summed E-state index contributed by atoms with van der Waals surface area (Å²) >= 11 is 0. The van der Waals surface area contributed by atoms with Crippen LogP contribution in [0.5, 0.6) is 0 Å². The first kappa shape index (κ1) is 30.8. The first-order valence-electron chi connectivity index (χ1n) is 12.0. The third kappa shape index (κ3) is 9.15. The highest BCUT2D eigenvalue weighted by Crippen LogP contribution is 2.27. The van der Waals surface area contributed by atoms with E-state index >= 15 is 0 Å². The van der Waals surface area contributed by atoms with Gasteiger partial charge in [-0.15, -0.1) is 0 Å². The van der Waals surface area contributed by atoms with Gasteiger partial charge in [-0.25, -0.2) is 37.5 Å². The Kier molecular flexibility index (Phi) is 10.9. The zero-order valence-corrected chi connectivity index (χ0v) is 23.6. The van der Waals surface area contributed by atoms with Gasteiger partial charge in [0.25, 0.3) is 5.91 Å². The Balaban J connectivity index is 2.52. The molecule has 0 saturated heterocycles. The Morgan fingerprint density at radius 1 is 1.24 bits per heavy atom. The summed E-state index contributed by atoms with van der Waals surface area (Å²) in [5.74, 6) is 0.00542. The highest BCUT2D eigenvalue weighted by molar-refractivity contribution is 7.88. The number of sulfonamides is 1. The number of halogens is 1. The molecule has 0 spiro atoms. The van der Waals surface area contributed by atoms with Gasteiger partial charge in [0.1, 0.15) is 23.3 Å². The second-order valence-electron chi connectivity index (χ2n) is 9.08. The minimum atomic E-state index is -3.52. The molecule has 38 heavy (non-hydrogen) atoms. The summed E-state index contributed by atoms with van der Waals surface area (Å²) < 4.78 is 39.8. The van der Waals surface area contributed by atoms with Crippen molar-refractivity contribution in [1.82, 2.24) is 24.7 Å². The fourth-order valence-electron chi connectivity index (χ4n) is 3.68. The van der Waals surface area contributed by atoms with E-state index in [2.05, 4.69) is 37.6 Å². The molecule has 1 unspecified atom stereocenters. The molecule has 2 rings (SSSR count). The predicted molar refractivity (Wildman–Crippen MR) is 146 cm³/mol. The lowest BCUT2D eigenvalue weighted by Crippen LogP contribution is -2.40. The number of nitrogens with one attached hydrogen (secondary N) is 3. The van der Waals surface area contributed by atoms with Gasteiger partial charge in [0.15, 0.2) is 0 Å². The molecule has 208 valence electrons. The average Bonchev–Trinajstić information content (AvgIpc) is 2.78. The molecule has 2 aromatic heterocycles. The maximum absolute atomic E-state index is 14.0. The molecule has 0 fully saturated rings. The smallest absolute Gasteiger partial charge is 0.278 e. The lowest BCUT2D eigenvalue weighted by Gasteiger charge is -2.30. The van der Waals surface area contributed by atoms with Crippen LogP contribution in [0.4, 0.5) is 21.7 Å². The van der Waals surface area contributed by atoms with Crippen LogP contribution in [0.25, 0.3) is 0 Å². The predicted octanol–water partition coefficient (Wildman–Crippen LogP) is 4.00. The van der Waals surface area contributed by atoms with Crippen molar-refractivity contribution in [2.45, 2.75) is 47.1 Å². The van der Waals surface area contributed by atoms with Crippen LogP contribution in [0, 0.1) is 19.8 Å². The minimum absolute atomic E-state index is 0.104. The van der Waals surface area contributed by atoms with Crippen molar-refractivity contribution < 1.29 is 22.4 Å². The second kappa shape index (κ2) is 13.4. The van der Waals surface area contributed by atoms with Crippen molar-refractivity contribution >= 4 is 33.3 Å². The number of hydrogen-bond acceptors (Lipinski definition) is 9. The molecule has 0 aliphatic heterocycles. The molecule has 0 aliphatic rings. The van der Waals surface area contributed by atoms with Gasteiger partial charge in [-0.2, -0.15) is 0 Å². The van der Waals surface area contributed by atoms with Crippen molar-refractivity contribution in [3.63, 3.8) is 0 Å². The molecular weight excluding hydrogens is 513 g/mol. The van der Waals surface area contributed by atoms with Gasteiger partial charge < -0.3 is 10.6 Å². The molecule has 0 bridgehead atoms. The normalized spacial score (nSPS) is 12.9. The number of anilines is 3. The van der Waals surface area contributed by atoms with E-state index in [0.29, 0.717) is 23.2 Å². The third-order valence-corrected chi connectivity index (χ3v) is 6.81. The van der Waals surface area contributed by atoms with Crippen molar-refractivity contribution in [3.8, 4) is 0 Å². The number of hydrogen-bond donors (Lipinski definition) is 3. The van der Waals surface area contributed by atoms with E-state index in [1.54, 1.807) is 26.0 Å². The molecule has 0 saturated carbocycles. The Morgan fingerprint density at radius 3 is 2.47 bits per heavy atom. The topological polar surface area (TPSA) is 138 Å². The van der Waals surface area contributed by atoms with E-state index in [0.717, 1.165) is 11.9 Å². The average molecular weight is 550 g/mol. The molecule has 0 radical (unpaired) electrons. The molecule has 3 N–H and O–H groups in total. The van der Waals surface area contributed by atoms with Gasteiger partial charge in [-0.3, -0.25) is 9.63 Å². The van der Waals surface area contributed by atoms with Gasteiger partial charge in [-0.1, -0.05) is 20.4 Å². The van der Waals surface area contributed by atoms with Gasteiger partial charge in [-0.05, 0) is 32.8 Å². The lowest BCUT2D eigenvalue weighted by molar-refractivity contribution is 0.0365. The van der Waals surface area contributed by atoms with Crippen molar-refractivity contribution in [2.24, 2.45) is 5.92 Å². The number of aromatic nitrogens is 3. The number of pyridine rings is 1. The Bertz CT molecular complexity index is 1280. The fraction of sp³-hybridized carbons (Fsp3) is 0.440. The van der Waals surface area contributed by atoms with Gasteiger partial charge in [0.2, 0.25) is 10.0 Å². The number of aryl methyl sites for hydroxylation is 2. The number of nitrogens with zero attached hydrogens (tertiary/aromatic N) is 4. The van der Waals surface area contributed by atoms with Gasteiger partial charge in [0.05, 0.1) is 24.1 Å². The molecular formula is C25H36FN7O4S. The summed E-state index contributed by atoms with van der Waals surface area (Å²) in [6.45, 7) is 12.6.